The maximum absolute atomic E-state index is 5.77. The summed E-state index contributed by atoms with van der Waals surface area (Å²) in [6.07, 6.45) is 5.98. The minimum Gasteiger partial charge on any atom is -0.378 e. The molecule has 0 amide bonds. The molecule has 1 aliphatic heterocycles. The van der Waals surface area contributed by atoms with Crippen LogP contribution < -0.4 is 5.32 Å². The Morgan fingerprint density at radius 1 is 1.18 bits per heavy atom. The highest BCUT2D eigenvalue weighted by Gasteiger charge is 2.20. The first-order valence-electron chi connectivity index (χ1n) is 4.77. The fourth-order valence-electron chi connectivity index (χ4n) is 1.79. The van der Waals surface area contributed by atoms with Crippen LogP contribution in [0.5, 0.6) is 0 Å². The molecule has 0 atom stereocenters. The minimum atomic E-state index is 0.607. The number of nitrogens with one attached hydrogen (secondary N) is 1. The van der Waals surface area contributed by atoms with Gasteiger partial charge in [0.25, 0.3) is 0 Å². The van der Waals surface area contributed by atoms with Crippen LogP contribution in [0.2, 0.25) is 0 Å². The molecule has 1 N–H and O–H groups in total. The molecule has 1 saturated carbocycles. The molecule has 64 valence electrons. The highest BCUT2D eigenvalue weighted by molar-refractivity contribution is 4.75. The second kappa shape index (κ2) is 3.55. The van der Waals surface area contributed by atoms with Gasteiger partial charge in [-0.15, -0.1) is 0 Å². The first kappa shape index (κ1) is 7.56. The van der Waals surface area contributed by atoms with E-state index >= 15 is 0 Å². The van der Waals surface area contributed by atoms with Gasteiger partial charge in [-0.05, 0) is 12.8 Å². The van der Waals surface area contributed by atoms with E-state index in [2.05, 4.69) is 5.32 Å². The first-order valence-corrected chi connectivity index (χ1v) is 4.77. The van der Waals surface area contributed by atoms with E-state index in [1.807, 2.05) is 0 Å². The lowest BCUT2D eigenvalue weighted by atomic mass is 10.1. The van der Waals surface area contributed by atoms with E-state index in [0.29, 0.717) is 6.10 Å². The molecule has 0 unspecified atom stereocenters. The normalized spacial score (nSPS) is 27.3. The summed E-state index contributed by atoms with van der Waals surface area (Å²) in [6.45, 7) is 3.34. The van der Waals surface area contributed by atoms with Crippen molar-refractivity contribution in [2.75, 3.05) is 19.7 Å². The second-order valence-corrected chi connectivity index (χ2v) is 3.76. The molecule has 0 aromatic carbocycles. The van der Waals surface area contributed by atoms with Gasteiger partial charge in [0.05, 0.1) is 12.7 Å². The van der Waals surface area contributed by atoms with Crippen LogP contribution in [0.1, 0.15) is 25.7 Å². The molecule has 1 heterocycles. The molecule has 11 heavy (non-hydrogen) atoms. The smallest absolute Gasteiger partial charge is 0.0575 e. The summed E-state index contributed by atoms with van der Waals surface area (Å²) >= 11 is 0. The topological polar surface area (TPSA) is 21.3 Å². The van der Waals surface area contributed by atoms with Crippen molar-refractivity contribution in [3.05, 3.63) is 0 Å². The molecular formula is C9H17NO. The lowest BCUT2D eigenvalue weighted by Crippen LogP contribution is -2.44. The molecular weight excluding hydrogens is 138 g/mol. The monoisotopic (exact) mass is 155 g/mol. The van der Waals surface area contributed by atoms with Gasteiger partial charge in [0.15, 0.2) is 0 Å². The zero-order chi connectivity index (χ0) is 7.52. The lowest BCUT2D eigenvalue weighted by Gasteiger charge is -2.27. The van der Waals surface area contributed by atoms with E-state index in [-0.39, 0.29) is 0 Å². The molecule has 2 aliphatic rings. The molecule has 1 aliphatic carbocycles. The molecule has 1 saturated heterocycles. The van der Waals surface area contributed by atoms with Crippen molar-refractivity contribution in [3.63, 3.8) is 0 Å². The second-order valence-electron chi connectivity index (χ2n) is 3.76. The molecule has 2 fully saturated rings. The van der Waals surface area contributed by atoms with Crippen LogP contribution in [0.3, 0.4) is 0 Å². The summed E-state index contributed by atoms with van der Waals surface area (Å²) in [4.78, 5) is 0. The lowest BCUT2D eigenvalue weighted by molar-refractivity contribution is 0.0214. The summed E-state index contributed by atoms with van der Waals surface area (Å²) in [7, 11) is 0. The fraction of sp³-hybridized carbons (Fsp3) is 1.00. The molecule has 2 rings (SSSR count). The third kappa shape index (κ3) is 1.94. The minimum absolute atomic E-state index is 0.607. The highest BCUT2D eigenvalue weighted by Crippen LogP contribution is 2.21. The maximum atomic E-state index is 5.77. The number of hydrogen-bond donors (Lipinski definition) is 1. The average Bonchev–Trinajstić information content (AvgIpc) is 2.36. The van der Waals surface area contributed by atoms with E-state index in [0.717, 1.165) is 12.5 Å². The van der Waals surface area contributed by atoms with Crippen LogP contribution in [0.25, 0.3) is 0 Å². The van der Waals surface area contributed by atoms with Gasteiger partial charge in [0.1, 0.15) is 0 Å². The Balaban J connectivity index is 1.57. The van der Waals surface area contributed by atoms with Crippen molar-refractivity contribution >= 4 is 0 Å². The van der Waals surface area contributed by atoms with E-state index in [1.165, 1.54) is 38.8 Å². The van der Waals surface area contributed by atoms with Gasteiger partial charge in [0.2, 0.25) is 0 Å². The van der Waals surface area contributed by atoms with Crippen LogP contribution in [0.15, 0.2) is 0 Å². The Morgan fingerprint density at radius 3 is 2.45 bits per heavy atom. The van der Waals surface area contributed by atoms with Crippen molar-refractivity contribution in [1.29, 1.82) is 0 Å². The van der Waals surface area contributed by atoms with Gasteiger partial charge >= 0.3 is 0 Å². The average molecular weight is 155 g/mol. The summed E-state index contributed by atoms with van der Waals surface area (Å²) in [5.74, 6) is 0.815. The molecule has 0 aromatic rings. The van der Waals surface area contributed by atoms with Gasteiger partial charge in [-0.25, -0.2) is 0 Å². The fourth-order valence-corrected chi connectivity index (χ4v) is 1.79. The summed E-state index contributed by atoms with van der Waals surface area (Å²) in [5.41, 5.74) is 0. The van der Waals surface area contributed by atoms with E-state index in [1.54, 1.807) is 0 Å². The highest BCUT2D eigenvalue weighted by atomic mass is 16.5. The van der Waals surface area contributed by atoms with E-state index in [4.69, 9.17) is 4.74 Å². The Labute approximate surface area is 68.3 Å². The zero-order valence-electron chi connectivity index (χ0n) is 7.01. The molecule has 0 radical (unpaired) electrons. The van der Waals surface area contributed by atoms with Crippen molar-refractivity contribution in [1.82, 2.24) is 5.32 Å². The third-order valence-electron chi connectivity index (χ3n) is 2.74. The largest absolute Gasteiger partial charge is 0.378 e. The number of rotatable bonds is 3. The summed E-state index contributed by atoms with van der Waals surface area (Å²) < 4.78 is 5.77. The van der Waals surface area contributed by atoms with Crippen LogP contribution in [0, 0.1) is 5.92 Å². The van der Waals surface area contributed by atoms with Gasteiger partial charge in [0, 0.05) is 19.0 Å². The van der Waals surface area contributed by atoms with Crippen molar-refractivity contribution < 1.29 is 4.74 Å². The van der Waals surface area contributed by atoms with Crippen LogP contribution in [0.4, 0.5) is 0 Å². The molecule has 0 spiro atoms. The van der Waals surface area contributed by atoms with Crippen LogP contribution >= 0.6 is 0 Å². The molecule has 2 nitrogen and oxygen atoms in total. The van der Waals surface area contributed by atoms with E-state index < -0.39 is 0 Å². The standard InChI is InChI=1S/C9H17NO/c1-2-4-9(3-1)11-7-8-5-10-6-8/h8-10H,1-7H2. The van der Waals surface area contributed by atoms with Gasteiger partial charge < -0.3 is 10.1 Å². The number of hydrogen-bond acceptors (Lipinski definition) is 2. The Bertz CT molecular complexity index is 117. The maximum Gasteiger partial charge on any atom is 0.0575 e. The number of ether oxygens (including phenoxy) is 1. The zero-order valence-corrected chi connectivity index (χ0v) is 7.01. The van der Waals surface area contributed by atoms with Crippen molar-refractivity contribution in [3.8, 4) is 0 Å². The molecule has 0 aromatic heterocycles. The van der Waals surface area contributed by atoms with Gasteiger partial charge in [-0.1, -0.05) is 12.8 Å². The Morgan fingerprint density at radius 2 is 1.91 bits per heavy atom. The summed E-state index contributed by atoms with van der Waals surface area (Å²) in [6, 6.07) is 0. The molecule has 0 bridgehead atoms. The van der Waals surface area contributed by atoms with Gasteiger partial charge in [-0.2, -0.15) is 0 Å². The van der Waals surface area contributed by atoms with Crippen LogP contribution in [-0.2, 0) is 4.74 Å². The first-order chi connectivity index (χ1) is 5.45. The molecule has 2 heteroatoms. The van der Waals surface area contributed by atoms with Crippen LogP contribution in [-0.4, -0.2) is 25.8 Å². The Hall–Kier alpha value is -0.0800. The quantitative estimate of drug-likeness (QED) is 0.660. The van der Waals surface area contributed by atoms with Crippen molar-refractivity contribution in [2.24, 2.45) is 5.92 Å². The predicted molar refractivity (Wildman–Crippen MR) is 44.6 cm³/mol. The van der Waals surface area contributed by atoms with E-state index in [9.17, 15) is 0 Å². The Kier molecular flexibility index (Phi) is 2.44. The third-order valence-corrected chi connectivity index (χ3v) is 2.74. The summed E-state index contributed by atoms with van der Waals surface area (Å²) in [5, 5.41) is 3.26. The predicted octanol–water partition coefficient (Wildman–Crippen LogP) is 1.17. The van der Waals surface area contributed by atoms with Crippen molar-refractivity contribution in [2.45, 2.75) is 31.8 Å². The van der Waals surface area contributed by atoms with Gasteiger partial charge in [-0.3, -0.25) is 0 Å². The SMILES string of the molecule is C1CCC(OCC2CNC2)C1.